The second kappa shape index (κ2) is 12.6. The highest BCUT2D eigenvalue weighted by molar-refractivity contribution is 5.90. The first-order valence-corrected chi connectivity index (χ1v) is 15.3. The largest absolute Gasteiger partial charge is 0.508 e. The minimum absolute atomic E-state index is 0.00626. The van der Waals surface area contributed by atoms with E-state index in [4.69, 9.17) is 18.9 Å². The van der Waals surface area contributed by atoms with Gasteiger partial charge in [0.05, 0.1) is 12.0 Å². The van der Waals surface area contributed by atoms with Crippen molar-refractivity contribution in [1.82, 2.24) is 0 Å². The minimum atomic E-state index is -2.20. The predicted molar refractivity (Wildman–Crippen MR) is 168 cm³/mol. The van der Waals surface area contributed by atoms with Crippen molar-refractivity contribution in [1.29, 1.82) is 0 Å². The van der Waals surface area contributed by atoms with Crippen LogP contribution in [0.25, 0.3) is 11.0 Å². The molecule has 0 radical (unpaired) electrons. The molecule has 6 atom stereocenters. The number of phenols is 1. The average molecular weight is 652 g/mol. The number of aliphatic imine (C=N–C) groups is 1. The van der Waals surface area contributed by atoms with E-state index in [9.17, 15) is 35.4 Å². The Morgan fingerprint density at radius 2 is 1.91 bits per heavy atom. The number of fused-ring (bicyclic) bond motifs is 3. The van der Waals surface area contributed by atoms with Crippen molar-refractivity contribution in [2.24, 2.45) is 4.99 Å². The van der Waals surface area contributed by atoms with Gasteiger partial charge in [-0.2, -0.15) is 0 Å². The highest BCUT2D eigenvalue weighted by Crippen LogP contribution is 2.43. The normalized spacial score (nSPS) is 22.9. The molecule has 6 unspecified atom stereocenters. The third-order valence-electron chi connectivity index (χ3n) is 8.94. The molecule has 0 saturated carbocycles. The van der Waals surface area contributed by atoms with Crippen molar-refractivity contribution in [3.8, 4) is 11.5 Å². The molecule has 3 aromatic rings. The summed E-state index contributed by atoms with van der Waals surface area (Å²) in [5.74, 6) is 1.01. The molecule has 4 heterocycles. The van der Waals surface area contributed by atoms with Gasteiger partial charge in [0.2, 0.25) is 11.3 Å². The number of rotatable bonds is 11. The summed E-state index contributed by atoms with van der Waals surface area (Å²) in [6.07, 6.45) is -0.731. The molecule has 0 spiro atoms. The van der Waals surface area contributed by atoms with Crippen LogP contribution >= 0.6 is 0 Å². The summed E-state index contributed by atoms with van der Waals surface area (Å²) in [6.45, 7) is 4.41. The van der Waals surface area contributed by atoms with Crippen molar-refractivity contribution in [3.63, 3.8) is 0 Å². The second-order valence-corrected chi connectivity index (χ2v) is 12.9. The Morgan fingerprint density at radius 1 is 1.17 bits per heavy atom. The number of phenolic OH excluding ortho intramolecular Hbond substituents is 1. The number of aryl methyl sites for hydroxylation is 1. The van der Waals surface area contributed by atoms with Gasteiger partial charge < -0.3 is 39.8 Å². The summed E-state index contributed by atoms with van der Waals surface area (Å²) < 4.78 is 12.7. The van der Waals surface area contributed by atoms with Gasteiger partial charge in [0.1, 0.15) is 72.2 Å². The molecule has 13 nitrogen and oxygen atoms in total. The van der Waals surface area contributed by atoms with Crippen molar-refractivity contribution < 1.29 is 54.5 Å². The Bertz CT molecular complexity index is 1810. The van der Waals surface area contributed by atoms with Gasteiger partial charge in [-0.15, -0.1) is 0 Å². The fourth-order valence-electron chi connectivity index (χ4n) is 6.23. The maximum Gasteiger partial charge on any atom is 0.222 e. The van der Waals surface area contributed by atoms with E-state index in [2.05, 4.69) is 4.99 Å². The van der Waals surface area contributed by atoms with Crippen LogP contribution in [-0.4, -0.2) is 92.2 Å². The fourth-order valence-corrected chi connectivity index (χ4v) is 6.23. The number of ether oxygens (including phenoxy) is 1. The molecular weight excluding hydrogens is 612 g/mol. The molecule has 0 fully saturated rings. The lowest BCUT2D eigenvalue weighted by molar-refractivity contribution is -0.763. The lowest BCUT2D eigenvalue weighted by atomic mass is 9.85. The first kappa shape index (κ1) is 33.0. The number of aromatic hydroxyl groups is 1. The Balaban J connectivity index is 1.28. The van der Waals surface area contributed by atoms with Gasteiger partial charge in [0.15, 0.2) is 11.2 Å². The minimum Gasteiger partial charge on any atom is -0.508 e. The molecule has 7 N–H and O–H groups in total. The van der Waals surface area contributed by atoms with Gasteiger partial charge in [-0.3, -0.25) is 14.7 Å². The van der Waals surface area contributed by atoms with E-state index in [1.807, 2.05) is 26.1 Å². The van der Waals surface area contributed by atoms with Crippen LogP contribution in [0.2, 0.25) is 0 Å². The summed E-state index contributed by atoms with van der Waals surface area (Å²) in [7, 11) is 0. The van der Waals surface area contributed by atoms with Gasteiger partial charge in [-0.1, -0.05) is 12.1 Å². The summed E-state index contributed by atoms with van der Waals surface area (Å²) >= 11 is 0. The standard InChI is InChI=1S/C34H38N2O11/c1-18-10-25(39)23-11-21-12-27(33(2,3)46-30(21)28(31(23)45-18)36-14-20-8-9-35-24(20)15-36)47-44-17-34(43,32(42)29(41)26(40)16-37)13-19-4-6-22(38)7-5-19/h4-11,15,26-27,29,32,37-38,40-43H,12-14,16-17H2,1-3H3/p+1. The maximum atomic E-state index is 13.2. The number of nitrogens with zero attached hydrogens (tertiary/aromatic N) is 1. The summed E-state index contributed by atoms with van der Waals surface area (Å²) in [5, 5.41) is 62.3. The first-order valence-electron chi connectivity index (χ1n) is 15.3. The van der Waals surface area contributed by atoms with E-state index < -0.39 is 48.8 Å². The topological polar surface area (TPSA) is 196 Å². The lowest BCUT2D eigenvalue weighted by Gasteiger charge is -2.40. The Kier molecular flexibility index (Phi) is 8.84. The Morgan fingerprint density at radius 3 is 2.62 bits per heavy atom. The highest BCUT2D eigenvalue weighted by Gasteiger charge is 2.46. The van der Waals surface area contributed by atoms with Crippen LogP contribution in [-0.2, 0) is 22.6 Å². The number of hydrogen-bond acceptors (Lipinski definition) is 12. The summed E-state index contributed by atoms with van der Waals surface area (Å²) in [6, 6.07) is 9.00. The van der Waals surface area contributed by atoms with Crippen LogP contribution in [0.1, 0.15) is 30.7 Å². The van der Waals surface area contributed by atoms with Crippen molar-refractivity contribution in [2.45, 2.75) is 69.2 Å². The van der Waals surface area contributed by atoms with Crippen LogP contribution < -0.4 is 15.1 Å². The van der Waals surface area contributed by atoms with E-state index in [-0.39, 0.29) is 24.0 Å². The molecular formula is C34H39N2O11+. The molecule has 2 aromatic carbocycles. The molecule has 47 heavy (non-hydrogen) atoms. The zero-order chi connectivity index (χ0) is 33.7. The Labute approximate surface area is 269 Å². The van der Waals surface area contributed by atoms with Gasteiger partial charge in [-0.05, 0) is 50.6 Å². The number of aliphatic hydroxyl groups excluding tert-OH is 4. The molecule has 0 saturated heterocycles. The lowest BCUT2D eigenvalue weighted by Crippen LogP contribution is -3.01. The average Bonchev–Trinajstić information content (AvgIpc) is 3.63. The molecule has 1 aromatic heterocycles. The fraction of sp³-hybridized carbons (Fsp3) is 0.412. The van der Waals surface area contributed by atoms with Crippen LogP contribution in [0.3, 0.4) is 0 Å². The van der Waals surface area contributed by atoms with Gasteiger partial charge in [0.25, 0.3) is 0 Å². The Hall–Kier alpha value is -3.92. The summed E-state index contributed by atoms with van der Waals surface area (Å²) in [4.78, 5) is 29.9. The van der Waals surface area contributed by atoms with E-state index >= 15 is 0 Å². The van der Waals surface area contributed by atoms with Crippen LogP contribution in [0.5, 0.6) is 11.5 Å². The number of quaternary nitrogens is 1. The zero-order valence-electron chi connectivity index (χ0n) is 26.2. The van der Waals surface area contributed by atoms with Gasteiger partial charge >= 0.3 is 0 Å². The van der Waals surface area contributed by atoms with Crippen molar-refractivity contribution >= 4 is 22.9 Å². The summed E-state index contributed by atoms with van der Waals surface area (Å²) in [5.41, 5.74) is 0.760. The molecule has 0 amide bonds. The zero-order valence-corrected chi connectivity index (χ0v) is 26.2. The van der Waals surface area contributed by atoms with Crippen LogP contribution in [0.4, 0.5) is 5.69 Å². The molecule has 0 bridgehead atoms. The van der Waals surface area contributed by atoms with Crippen molar-refractivity contribution in [3.05, 3.63) is 87.1 Å². The quantitative estimate of drug-likeness (QED) is 0.111. The SMILES string of the molecule is Cc1cc(=O)c2cc3c(c([NH+]4C=C5N=CC=C5C4)c2o1)OC(C)(C)C(OOCC(O)(Cc1ccc(O)cc1)C(O)C(O)C(O)CO)C3. The van der Waals surface area contributed by atoms with E-state index in [1.165, 1.54) is 30.3 Å². The number of nitrogens with one attached hydrogen (secondary N) is 1. The van der Waals surface area contributed by atoms with E-state index in [0.29, 0.717) is 45.8 Å². The molecule has 13 heteroatoms. The van der Waals surface area contributed by atoms with Crippen LogP contribution in [0, 0.1) is 6.92 Å². The molecule has 0 aliphatic carbocycles. The second-order valence-electron chi connectivity index (χ2n) is 12.9. The van der Waals surface area contributed by atoms with Gasteiger partial charge in [-0.25, -0.2) is 9.78 Å². The predicted octanol–water partition coefficient (Wildman–Crippen LogP) is 0.268. The molecule has 6 rings (SSSR count). The van der Waals surface area contributed by atoms with E-state index in [0.717, 1.165) is 16.2 Å². The maximum absolute atomic E-state index is 13.2. The smallest absolute Gasteiger partial charge is 0.222 e. The number of benzene rings is 2. The highest BCUT2D eigenvalue weighted by atomic mass is 17.2. The first-order chi connectivity index (χ1) is 22.3. The monoisotopic (exact) mass is 651 g/mol. The third-order valence-corrected chi connectivity index (χ3v) is 8.94. The number of hydrogen-bond donors (Lipinski definition) is 7. The third kappa shape index (κ3) is 6.36. The van der Waals surface area contributed by atoms with E-state index in [1.54, 1.807) is 19.2 Å². The molecule has 3 aliphatic heterocycles. The number of allylic oxidation sites excluding steroid dienone is 1. The number of aliphatic hydroxyl groups is 5. The molecule has 3 aliphatic rings. The van der Waals surface area contributed by atoms with Crippen LogP contribution in [0.15, 0.2) is 74.1 Å². The molecule has 250 valence electrons. The van der Waals surface area contributed by atoms with Gasteiger partial charge in [0, 0.05) is 36.3 Å². The van der Waals surface area contributed by atoms with Crippen molar-refractivity contribution in [2.75, 3.05) is 19.8 Å².